The van der Waals surface area contributed by atoms with Crippen LogP contribution >= 0.6 is 11.6 Å². The molecule has 0 saturated carbocycles. The van der Waals surface area contributed by atoms with Gasteiger partial charge in [0.1, 0.15) is 12.4 Å². The monoisotopic (exact) mass is 436 g/mol. The molecule has 0 radical (unpaired) electrons. The summed E-state index contributed by atoms with van der Waals surface area (Å²) in [6.45, 7) is -0.639. The third-order valence-corrected chi connectivity index (χ3v) is 4.82. The molecule has 12 heteroatoms. The van der Waals surface area contributed by atoms with Crippen LogP contribution in [0.15, 0.2) is 33.9 Å². The molecule has 0 atom stereocenters. The Labute approximate surface area is 174 Å². The smallest absolute Gasteiger partial charge is 0.332 e. The average molecular weight is 437 g/mol. The van der Waals surface area contributed by atoms with Crippen LogP contribution in [-0.2, 0) is 30.2 Å². The van der Waals surface area contributed by atoms with E-state index in [4.69, 9.17) is 11.6 Å². The summed E-state index contributed by atoms with van der Waals surface area (Å²) < 4.78 is 16.2. The second-order valence-corrected chi connectivity index (χ2v) is 6.99. The summed E-state index contributed by atoms with van der Waals surface area (Å²) in [4.78, 5) is 54.4. The van der Waals surface area contributed by atoms with Gasteiger partial charge in [0.05, 0.1) is 6.54 Å². The third kappa shape index (κ3) is 3.96. The summed E-state index contributed by atoms with van der Waals surface area (Å²) in [6.07, 6.45) is 0. The quantitative estimate of drug-likeness (QED) is 0.579. The summed E-state index contributed by atoms with van der Waals surface area (Å²) in [5.41, 5.74) is -0.776. The van der Waals surface area contributed by atoms with Gasteiger partial charge in [-0.1, -0.05) is 0 Å². The van der Waals surface area contributed by atoms with Crippen LogP contribution in [0.4, 0.5) is 10.1 Å². The SMILES string of the molecule is CN(CC(=O)Nc1ccc(F)cc1)C(=O)Cn1c(Cl)nc2c1c(=O)n(C)c(=O)n2C. The summed E-state index contributed by atoms with van der Waals surface area (Å²) in [5.74, 6) is -1.44. The maximum Gasteiger partial charge on any atom is 0.332 e. The molecule has 2 amide bonds. The minimum absolute atomic E-state index is 0.00196. The van der Waals surface area contributed by atoms with Crippen molar-refractivity contribution in [2.24, 2.45) is 14.1 Å². The van der Waals surface area contributed by atoms with Crippen LogP contribution in [0.1, 0.15) is 0 Å². The lowest BCUT2D eigenvalue weighted by Crippen LogP contribution is -2.39. The van der Waals surface area contributed by atoms with Gasteiger partial charge in [-0.05, 0) is 35.9 Å². The second kappa shape index (κ2) is 8.11. The van der Waals surface area contributed by atoms with E-state index >= 15 is 0 Å². The molecule has 3 aromatic rings. The first kappa shape index (κ1) is 21.2. The highest BCUT2D eigenvalue weighted by molar-refractivity contribution is 6.29. The largest absolute Gasteiger partial charge is 0.335 e. The second-order valence-electron chi connectivity index (χ2n) is 6.65. The highest BCUT2D eigenvalue weighted by Gasteiger charge is 2.21. The zero-order chi connectivity index (χ0) is 22.2. The van der Waals surface area contributed by atoms with Crippen LogP contribution in [0, 0.1) is 5.82 Å². The number of aromatic nitrogens is 4. The number of amides is 2. The number of halogens is 2. The molecule has 10 nitrogen and oxygen atoms in total. The number of hydrogen-bond donors (Lipinski definition) is 1. The lowest BCUT2D eigenvalue weighted by atomic mass is 10.3. The van der Waals surface area contributed by atoms with Crippen molar-refractivity contribution < 1.29 is 14.0 Å². The van der Waals surface area contributed by atoms with Gasteiger partial charge in [-0.2, -0.15) is 4.98 Å². The van der Waals surface area contributed by atoms with Crippen molar-refractivity contribution in [3.05, 3.63) is 56.2 Å². The van der Waals surface area contributed by atoms with Crippen LogP contribution in [0.5, 0.6) is 0 Å². The molecule has 2 aromatic heterocycles. The van der Waals surface area contributed by atoms with Crippen molar-refractivity contribution >= 4 is 40.3 Å². The van der Waals surface area contributed by atoms with E-state index in [2.05, 4.69) is 10.3 Å². The number of carbonyl (C=O) groups is 2. The minimum Gasteiger partial charge on any atom is -0.335 e. The van der Waals surface area contributed by atoms with Gasteiger partial charge < -0.3 is 10.2 Å². The summed E-state index contributed by atoms with van der Waals surface area (Å²) in [6, 6.07) is 5.19. The van der Waals surface area contributed by atoms with Gasteiger partial charge in [0.15, 0.2) is 11.2 Å². The van der Waals surface area contributed by atoms with Crippen molar-refractivity contribution in [1.29, 1.82) is 0 Å². The Bertz CT molecular complexity index is 1260. The lowest BCUT2D eigenvalue weighted by Gasteiger charge is -2.17. The maximum absolute atomic E-state index is 12.9. The molecule has 158 valence electrons. The number of likely N-dealkylation sites (N-methyl/N-ethyl adjacent to an activating group) is 1. The molecule has 0 unspecified atom stereocenters. The Morgan fingerprint density at radius 1 is 1.17 bits per heavy atom. The number of rotatable bonds is 5. The summed E-state index contributed by atoms with van der Waals surface area (Å²) >= 11 is 6.10. The standard InChI is InChI=1S/C18H18ClFN6O4/c1-23(8-12(27)21-11-6-4-10(20)5-7-11)13(28)9-26-14-15(22-17(26)19)24(2)18(30)25(3)16(14)29/h4-7H,8-9H2,1-3H3,(H,21,27). The van der Waals surface area contributed by atoms with Gasteiger partial charge in [0.2, 0.25) is 17.1 Å². The van der Waals surface area contributed by atoms with Gasteiger partial charge in [-0.25, -0.2) is 9.18 Å². The number of hydrogen-bond acceptors (Lipinski definition) is 5. The van der Waals surface area contributed by atoms with Crippen LogP contribution in [0.2, 0.25) is 5.28 Å². The molecule has 0 spiro atoms. The van der Waals surface area contributed by atoms with E-state index in [1.165, 1.54) is 50.0 Å². The molecule has 2 heterocycles. The fraction of sp³-hybridized carbons (Fsp3) is 0.278. The number of anilines is 1. The Balaban J connectivity index is 1.78. The normalized spacial score (nSPS) is 11.0. The first-order chi connectivity index (χ1) is 14.1. The molecule has 0 bridgehead atoms. The molecule has 1 aromatic carbocycles. The Morgan fingerprint density at radius 3 is 2.43 bits per heavy atom. The van der Waals surface area contributed by atoms with E-state index in [1.54, 1.807) is 0 Å². The Kier molecular flexibility index (Phi) is 5.74. The topological polar surface area (TPSA) is 111 Å². The molecular formula is C18H18ClFN6O4. The predicted molar refractivity (Wildman–Crippen MR) is 108 cm³/mol. The van der Waals surface area contributed by atoms with Gasteiger partial charge in [-0.15, -0.1) is 0 Å². The van der Waals surface area contributed by atoms with E-state index < -0.39 is 28.9 Å². The number of fused-ring (bicyclic) bond motifs is 1. The number of imidazole rings is 1. The fourth-order valence-electron chi connectivity index (χ4n) is 2.86. The molecule has 0 aliphatic heterocycles. The zero-order valence-electron chi connectivity index (χ0n) is 16.3. The van der Waals surface area contributed by atoms with Gasteiger partial charge in [0, 0.05) is 26.8 Å². The summed E-state index contributed by atoms with van der Waals surface area (Å²) in [5, 5.41) is 2.41. The number of nitrogens with zero attached hydrogens (tertiary/aromatic N) is 5. The number of benzene rings is 1. The van der Waals surface area contributed by atoms with Crippen molar-refractivity contribution in [2.75, 3.05) is 18.9 Å². The molecular weight excluding hydrogens is 419 g/mol. The van der Waals surface area contributed by atoms with E-state index in [0.717, 1.165) is 14.0 Å². The first-order valence-electron chi connectivity index (χ1n) is 8.71. The van der Waals surface area contributed by atoms with E-state index in [0.29, 0.717) is 5.69 Å². The average Bonchev–Trinajstić information content (AvgIpc) is 3.02. The van der Waals surface area contributed by atoms with E-state index in [-0.39, 0.29) is 29.5 Å². The highest BCUT2D eigenvalue weighted by atomic mass is 35.5. The molecule has 0 aliphatic rings. The molecule has 30 heavy (non-hydrogen) atoms. The molecule has 1 N–H and O–H groups in total. The highest BCUT2D eigenvalue weighted by Crippen LogP contribution is 2.16. The molecule has 0 aliphatic carbocycles. The lowest BCUT2D eigenvalue weighted by molar-refractivity contribution is -0.133. The van der Waals surface area contributed by atoms with Crippen LogP contribution in [-0.4, -0.2) is 49.0 Å². The number of aryl methyl sites for hydroxylation is 1. The fourth-order valence-corrected chi connectivity index (χ4v) is 3.08. The minimum atomic E-state index is -0.642. The number of carbonyl (C=O) groups excluding carboxylic acids is 2. The third-order valence-electron chi connectivity index (χ3n) is 4.53. The first-order valence-corrected chi connectivity index (χ1v) is 9.09. The molecule has 3 rings (SSSR count). The number of nitrogens with one attached hydrogen (secondary N) is 1. The Hall–Kier alpha value is -3.47. The van der Waals surface area contributed by atoms with Crippen LogP contribution in [0.3, 0.4) is 0 Å². The van der Waals surface area contributed by atoms with Gasteiger partial charge in [0.25, 0.3) is 5.56 Å². The summed E-state index contributed by atoms with van der Waals surface area (Å²) in [7, 11) is 4.15. The molecule has 0 fully saturated rings. The predicted octanol–water partition coefficient (Wildman–Crippen LogP) is 0.323. The molecule has 0 saturated heterocycles. The van der Waals surface area contributed by atoms with E-state index in [9.17, 15) is 23.6 Å². The van der Waals surface area contributed by atoms with E-state index in [1.807, 2.05) is 0 Å². The van der Waals surface area contributed by atoms with Crippen molar-refractivity contribution in [3.63, 3.8) is 0 Å². The Morgan fingerprint density at radius 2 is 1.80 bits per heavy atom. The van der Waals surface area contributed by atoms with Crippen molar-refractivity contribution in [3.8, 4) is 0 Å². The zero-order valence-corrected chi connectivity index (χ0v) is 17.1. The van der Waals surface area contributed by atoms with Gasteiger partial charge in [-0.3, -0.25) is 28.1 Å². The van der Waals surface area contributed by atoms with Gasteiger partial charge >= 0.3 is 5.69 Å². The van der Waals surface area contributed by atoms with Crippen molar-refractivity contribution in [1.82, 2.24) is 23.6 Å². The van der Waals surface area contributed by atoms with Crippen LogP contribution < -0.4 is 16.6 Å². The maximum atomic E-state index is 12.9. The van der Waals surface area contributed by atoms with Crippen molar-refractivity contribution in [2.45, 2.75) is 6.54 Å². The van der Waals surface area contributed by atoms with Crippen LogP contribution in [0.25, 0.3) is 11.2 Å².